The minimum atomic E-state index is 0.247. The van der Waals surface area contributed by atoms with Gasteiger partial charge in [-0.25, -0.2) is 4.98 Å². The number of hydrogen-bond acceptors (Lipinski definition) is 7. The number of anilines is 2. The molecular formula is C19H22N6O2. The van der Waals surface area contributed by atoms with Crippen LogP contribution in [-0.2, 0) is 0 Å². The van der Waals surface area contributed by atoms with Gasteiger partial charge in [0.1, 0.15) is 23.4 Å². The maximum Gasteiger partial charge on any atom is 0.153 e. The summed E-state index contributed by atoms with van der Waals surface area (Å²) in [7, 11) is 1.65. The summed E-state index contributed by atoms with van der Waals surface area (Å²) in [5.41, 5.74) is 1.75. The number of aromatic amines is 1. The lowest BCUT2D eigenvalue weighted by Crippen LogP contribution is -2.34. The Labute approximate surface area is 157 Å². The zero-order valence-corrected chi connectivity index (χ0v) is 15.1. The molecule has 1 saturated heterocycles. The van der Waals surface area contributed by atoms with Gasteiger partial charge in [0.05, 0.1) is 19.0 Å². The molecule has 0 atom stereocenters. The van der Waals surface area contributed by atoms with E-state index in [2.05, 4.69) is 30.8 Å². The number of piperidine rings is 1. The first-order valence-electron chi connectivity index (χ1n) is 8.96. The molecule has 0 saturated carbocycles. The van der Waals surface area contributed by atoms with E-state index >= 15 is 0 Å². The maximum absolute atomic E-state index is 6.10. The number of benzene rings is 1. The predicted molar refractivity (Wildman–Crippen MR) is 102 cm³/mol. The molecule has 3 aromatic rings. The van der Waals surface area contributed by atoms with Gasteiger partial charge in [0.15, 0.2) is 5.82 Å². The van der Waals surface area contributed by atoms with Crippen molar-refractivity contribution in [2.45, 2.75) is 18.9 Å². The van der Waals surface area contributed by atoms with Crippen molar-refractivity contribution in [2.75, 3.05) is 25.5 Å². The minimum absolute atomic E-state index is 0.247. The molecule has 140 valence electrons. The van der Waals surface area contributed by atoms with Gasteiger partial charge in [0.25, 0.3) is 0 Å². The smallest absolute Gasteiger partial charge is 0.153 e. The van der Waals surface area contributed by atoms with Gasteiger partial charge < -0.3 is 20.1 Å². The van der Waals surface area contributed by atoms with Gasteiger partial charge in [0, 0.05) is 30.1 Å². The molecule has 3 heterocycles. The molecule has 1 aliphatic heterocycles. The van der Waals surface area contributed by atoms with Crippen molar-refractivity contribution >= 4 is 11.6 Å². The Hall–Kier alpha value is -3.13. The van der Waals surface area contributed by atoms with Crippen molar-refractivity contribution in [1.29, 1.82) is 0 Å². The first-order chi connectivity index (χ1) is 13.3. The van der Waals surface area contributed by atoms with Gasteiger partial charge >= 0.3 is 0 Å². The molecule has 3 N–H and O–H groups in total. The summed E-state index contributed by atoms with van der Waals surface area (Å²) >= 11 is 0. The number of nitrogens with zero attached hydrogens (tertiary/aromatic N) is 3. The standard InChI is InChI=1S/C19H22N6O2/c1-26-17-10-14(27-13-4-6-20-7-5-13)2-3-15(17)16-11-18(25-24-16)23-19-12-21-8-9-22-19/h2-3,8-13,20H,4-7H2,1H3,(H2,22,23,24,25). The molecule has 4 rings (SSSR count). The summed E-state index contributed by atoms with van der Waals surface area (Å²) in [6.07, 6.45) is 7.17. The van der Waals surface area contributed by atoms with Gasteiger partial charge in [-0.2, -0.15) is 5.10 Å². The van der Waals surface area contributed by atoms with E-state index in [-0.39, 0.29) is 6.10 Å². The molecule has 1 aromatic carbocycles. The number of rotatable bonds is 6. The Kier molecular flexibility index (Phi) is 5.15. The number of aromatic nitrogens is 4. The van der Waals surface area contributed by atoms with E-state index in [0.29, 0.717) is 11.6 Å². The van der Waals surface area contributed by atoms with Gasteiger partial charge in [-0.3, -0.25) is 10.1 Å². The fourth-order valence-corrected chi connectivity index (χ4v) is 3.09. The highest BCUT2D eigenvalue weighted by Crippen LogP contribution is 2.34. The Morgan fingerprint density at radius 3 is 2.78 bits per heavy atom. The predicted octanol–water partition coefficient (Wildman–Crippen LogP) is 2.75. The van der Waals surface area contributed by atoms with Crippen LogP contribution in [-0.4, -0.2) is 46.5 Å². The fraction of sp³-hybridized carbons (Fsp3) is 0.316. The normalized spacial score (nSPS) is 14.7. The van der Waals surface area contributed by atoms with E-state index in [1.54, 1.807) is 25.7 Å². The second kappa shape index (κ2) is 8.05. The number of H-pyrrole nitrogens is 1. The van der Waals surface area contributed by atoms with Gasteiger partial charge in [0.2, 0.25) is 0 Å². The van der Waals surface area contributed by atoms with Gasteiger partial charge in [-0.1, -0.05) is 0 Å². The minimum Gasteiger partial charge on any atom is -0.496 e. The second-order valence-corrected chi connectivity index (χ2v) is 6.31. The zero-order chi connectivity index (χ0) is 18.5. The number of nitrogens with one attached hydrogen (secondary N) is 3. The number of hydrogen-bond donors (Lipinski definition) is 3. The van der Waals surface area contributed by atoms with Crippen LogP contribution in [0, 0.1) is 0 Å². The van der Waals surface area contributed by atoms with Crippen LogP contribution in [0.4, 0.5) is 11.6 Å². The SMILES string of the molecule is COc1cc(OC2CCNCC2)ccc1-c1cc(Nc2cnccn2)n[nH]1. The third kappa shape index (κ3) is 4.17. The van der Waals surface area contributed by atoms with Crippen molar-refractivity contribution in [1.82, 2.24) is 25.5 Å². The zero-order valence-electron chi connectivity index (χ0n) is 15.1. The van der Waals surface area contributed by atoms with Crippen molar-refractivity contribution in [3.05, 3.63) is 42.9 Å². The summed E-state index contributed by atoms with van der Waals surface area (Å²) < 4.78 is 11.7. The molecule has 2 aromatic heterocycles. The summed E-state index contributed by atoms with van der Waals surface area (Å²) in [4.78, 5) is 8.21. The van der Waals surface area contributed by atoms with E-state index < -0.39 is 0 Å². The Morgan fingerprint density at radius 2 is 2.00 bits per heavy atom. The lowest BCUT2D eigenvalue weighted by atomic mass is 10.1. The highest BCUT2D eigenvalue weighted by molar-refractivity contribution is 5.71. The van der Waals surface area contributed by atoms with Gasteiger partial charge in [-0.15, -0.1) is 0 Å². The van der Waals surface area contributed by atoms with E-state index in [1.165, 1.54) is 0 Å². The first-order valence-corrected chi connectivity index (χ1v) is 8.96. The van der Waals surface area contributed by atoms with Crippen LogP contribution in [0.1, 0.15) is 12.8 Å². The fourth-order valence-electron chi connectivity index (χ4n) is 3.09. The largest absolute Gasteiger partial charge is 0.496 e. The van der Waals surface area contributed by atoms with Crippen molar-refractivity contribution in [3.8, 4) is 22.8 Å². The highest BCUT2D eigenvalue weighted by Gasteiger charge is 2.16. The monoisotopic (exact) mass is 366 g/mol. The van der Waals surface area contributed by atoms with Crippen molar-refractivity contribution in [2.24, 2.45) is 0 Å². The first kappa shape index (κ1) is 17.3. The lowest BCUT2D eigenvalue weighted by Gasteiger charge is -2.24. The molecule has 0 amide bonds. The molecule has 8 heteroatoms. The number of ether oxygens (including phenoxy) is 2. The van der Waals surface area contributed by atoms with Crippen LogP contribution < -0.4 is 20.1 Å². The summed E-state index contributed by atoms with van der Waals surface area (Å²) in [5.74, 6) is 2.84. The molecule has 1 aliphatic rings. The average molecular weight is 366 g/mol. The molecule has 0 radical (unpaired) electrons. The topological polar surface area (TPSA) is 97.0 Å². The summed E-state index contributed by atoms with van der Waals surface area (Å²) in [6.45, 7) is 1.99. The Morgan fingerprint density at radius 1 is 1.11 bits per heavy atom. The molecule has 1 fully saturated rings. The lowest BCUT2D eigenvalue weighted by molar-refractivity contribution is 0.162. The summed E-state index contributed by atoms with van der Waals surface area (Å²) in [5, 5.41) is 13.8. The third-order valence-electron chi connectivity index (χ3n) is 4.45. The van der Waals surface area contributed by atoms with Crippen LogP contribution in [0.15, 0.2) is 42.9 Å². The highest BCUT2D eigenvalue weighted by atomic mass is 16.5. The molecular weight excluding hydrogens is 344 g/mol. The van der Waals surface area contributed by atoms with Crippen LogP contribution in [0.2, 0.25) is 0 Å². The van der Waals surface area contributed by atoms with E-state index in [4.69, 9.17) is 9.47 Å². The van der Waals surface area contributed by atoms with Crippen molar-refractivity contribution < 1.29 is 9.47 Å². The maximum atomic E-state index is 6.10. The molecule has 0 unspecified atom stereocenters. The van der Waals surface area contributed by atoms with Gasteiger partial charge in [-0.05, 0) is 38.1 Å². The molecule has 0 spiro atoms. The second-order valence-electron chi connectivity index (χ2n) is 6.31. The molecule has 8 nitrogen and oxygen atoms in total. The van der Waals surface area contributed by atoms with E-state index in [9.17, 15) is 0 Å². The molecule has 0 bridgehead atoms. The average Bonchev–Trinajstić information content (AvgIpc) is 3.17. The summed E-state index contributed by atoms with van der Waals surface area (Å²) in [6, 6.07) is 7.78. The van der Waals surface area contributed by atoms with E-state index in [1.807, 2.05) is 24.3 Å². The van der Waals surface area contributed by atoms with Crippen LogP contribution >= 0.6 is 0 Å². The van der Waals surface area contributed by atoms with Crippen molar-refractivity contribution in [3.63, 3.8) is 0 Å². The van der Waals surface area contributed by atoms with Crippen LogP contribution in [0.25, 0.3) is 11.3 Å². The quantitative estimate of drug-likeness (QED) is 0.617. The molecule has 0 aliphatic carbocycles. The Bertz CT molecular complexity index is 877. The third-order valence-corrected chi connectivity index (χ3v) is 4.45. The van der Waals surface area contributed by atoms with Crippen LogP contribution in [0.3, 0.4) is 0 Å². The Balaban J connectivity index is 1.51. The van der Waals surface area contributed by atoms with Crippen LogP contribution in [0.5, 0.6) is 11.5 Å². The van der Waals surface area contributed by atoms with E-state index in [0.717, 1.165) is 48.7 Å². The number of methoxy groups -OCH3 is 1. The molecule has 27 heavy (non-hydrogen) atoms.